The van der Waals surface area contributed by atoms with Gasteiger partial charge in [-0.1, -0.05) is 74.7 Å². The van der Waals surface area contributed by atoms with Gasteiger partial charge in [0.05, 0.1) is 5.94 Å². The lowest BCUT2D eigenvalue weighted by Gasteiger charge is -2.25. The number of aliphatic imine (C=N–C) groups is 1. The monoisotopic (exact) mass is 639 g/mol. The van der Waals surface area contributed by atoms with E-state index in [0.29, 0.717) is 0 Å². The van der Waals surface area contributed by atoms with Gasteiger partial charge in [0.15, 0.2) is 5.03 Å². The molecule has 248 valence electrons. The highest BCUT2D eigenvalue weighted by Crippen LogP contribution is 2.44. The minimum atomic E-state index is -1.83. The second-order valence-corrected chi connectivity index (χ2v) is 11.4. The molecular weight excluding hydrogens is 597 g/mol. The van der Waals surface area contributed by atoms with E-state index < -0.39 is 54.0 Å². The molecule has 15 nitrogen and oxygen atoms in total. The van der Waals surface area contributed by atoms with Gasteiger partial charge >= 0.3 is 13.2 Å². The summed E-state index contributed by atoms with van der Waals surface area (Å²) in [5.74, 6) is -2.89. The van der Waals surface area contributed by atoms with Crippen LogP contribution in [0.5, 0.6) is 0 Å². The number of nitro groups is 1. The largest absolute Gasteiger partial charge is 0.475 e. The molecule has 0 radical (unpaired) electrons. The highest BCUT2D eigenvalue weighted by molar-refractivity contribution is 6.43. The summed E-state index contributed by atoms with van der Waals surface area (Å²) in [5, 5.41) is 37.0. The maximum absolute atomic E-state index is 13.3. The molecule has 2 aromatic rings. The number of nitrogens with zero attached hydrogens (tertiary/aromatic N) is 2. The number of carbonyl (C=O) groups excluding carboxylic acids is 3. The number of nitrogens with one attached hydrogen (secondary N) is 4. The highest BCUT2D eigenvalue weighted by Gasteiger charge is 2.32. The van der Waals surface area contributed by atoms with Gasteiger partial charge in [-0.25, -0.2) is 19.9 Å². The third kappa shape index (κ3) is 10.2. The Morgan fingerprint density at radius 3 is 2.13 bits per heavy atom. The number of hydrogen-bond acceptors (Lipinski definition) is 9. The molecule has 0 aromatic heterocycles. The number of hydrogen-bond donors (Lipinski definition) is 7. The fourth-order valence-corrected chi connectivity index (χ4v) is 5.35. The molecule has 0 heterocycles. The molecule has 0 fully saturated rings. The first kappa shape index (κ1) is 35.8. The Bertz CT molecular complexity index is 1360. The molecule has 3 rings (SSSR count). The summed E-state index contributed by atoms with van der Waals surface area (Å²) in [7, 11) is -1.83. The summed E-state index contributed by atoms with van der Waals surface area (Å²) in [4.78, 5) is 53.7. The van der Waals surface area contributed by atoms with E-state index in [1.807, 2.05) is 62.4 Å². The molecule has 0 aliphatic heterocycles. The third-order valence-corrected chi connectivity index (χ3v) is 7.55. The maximum Gasteiger partial charge on any atom is 0.475 e. The van der Waals surface area contributed by atoms with Gasteiger partial charge in [-0.05, 0) is 53.9 Å². The van der Waals surface area contributed by atoms with Crippen LogP contribution < -0.4 is 27.1 Å². The van der Waals surface area contributed by atoms with Gasteiger partial charge in [-0.3, -0.25) is 9.59 Å². The van der Waals surface area contributed by atoms with E-state index in [1.165, 1.54) is 0 Å². The van der Waals surface area contributed by atoms with Crippen molar-refractivity contribution in [3.8, 4) is 11.1 Å². The second-order valence-electron chi connectivity index (χ2n) is 11.4. The van der Waals surface area contributed by atoms with E-state index in [4.69, 9.17) is 10.5 Å². The van der Waals surface area contributed by atoms with Crippen LogP contribution in [0.2, 0.25) is 0 Å². The molecule has 1 unspecified atom stereocenters. The minimum Gasteiger partial charge on any atom is -0.449 e. The van der Waals surface area contributed by atoms with Gasteiger partial charge in [-0.15, -0.1) is 0 Å². The number of guanidine groups is 1. The van der Waals surface area contributed by atoms with E-state index in [1.54, 1.807) is 12.3 Å². The summed E-state index contributed by atoms with van der Waals surface area (Å²) in [6, 6.07) is 13.6. The van der Waals surface area contributed by atoms with Crippen molar-refractivity contribution < 1.29 is 34.2 Å². The van der Waals surface area contributed by atoms with Crippen LogP contribution in [-0.2, 0) is 14.3 Å². The standard InChI is InChI=1S/C30H42BN7O8/c1-4-24(35-30(41)46-17-23-21-12-7-5-10-19(21)20-11-6-8-13-22(20)23)27(39)34-25(14-9-15-33-29(32)37-38(44)45)28(40)36-26(31(42)43)16-18(2)3/h5-8,10-13,18,23-26,42-43H,4,9,14-17H2,1-3H3,(H,34,39)(H,35,41)(H,36,40)(H3,32,33,37)/t24?,25-,26-/m0/s1. The Balaban J connectivity index is 1.65. The molecule has 1 aliphatic rings. The van der Waals surface area contributed by atoms with Crippen molar-refractivity contribution in [2.24, 2.45) is 16.6 Å². The van der Waals surface area contributed by atoms with E-state index in [9.17, 15) is 34.5 Å². The highest BCUT2D eigenvalue weighted by atomic mass is 16.7. The number of benzene rings is 2. The van der Waals surface area contributed by atoms with Gasteiger partial charge in [0.2, 0.25) is 11.8 Å². The number of carbonyl (C=O) groups is 3. The Morgan fingerprint density at radius 1 is 1.00 bits per heavy atom. The van der Waals surface area contributed by atoms with Crippen molar-refractivity contribution in [1.82, 2.24) is 21.4 Å². The summed E-state index contributed by atoms with van der Waals surface area (Å²) in [5.41, 5.74) is 11.4. The molecule has 0 bridgehead atoms. The number of alkyl carbamates (subject to hydrolysis) is 1. The van der Waals surface area contributed by atoms with Crippen LogP contribution in [0.1, 0.15) is 63.5 Å². The van der Waals surface area contributed by atoms with Crippen molar-refractivity contribution >= 4 is 31.0 Å². The van der Waals surface area contributed by atoms with Crippen molar-refractivity contribution in [1.29, 1.82) is 0 Å². The number of fused-ring (bicyclic) bond motifs is 3. The molecule has 0 saturated carbocycles. The average Bonchev–Trinajstić information content (AvgIpc) is 3.32. The van der Waals surface area contributed by atoms with E-state index in [2.05, 4.69) is 20.9 Å². The topological polar surface area (TPSA) is 231 Å². The first-order valence-corrected chi connectivity index (χ1v) is 15.2. The van der Waals surface area contributed by atoms with Crippen LogP contribution in [0.25, 0.3) is 11.1 Å². The van der Waals surface area contributed by atoms with Gasteiger partial charge in [0, 0.05) is 12.5 Å². The Labute approximate surface area is 267 Å². The van der Waals surface area contributed by atoms with Crippen LogP contribution in [0.15, 0.2) is 53.5 Å². The third-order valence-electron chi connectivity index (χ3n) is 7.55. The first-order chi connectivity index (χ1) is 21.9. The predicted octanol–water partition coefficient (Wildman–Crippen LogP) is 1.21. The smallest absolute Gasteiger partial charge is 0.449 e. The quantitative estimate of drug-likeness (QED) is 0.0347. The second kappa shape index (κ2) is 17.1. The Kier molecular flexibility index (Phi) is 13.3. The molecule has 2 aromatic carbocycles. The van der Waals surface area contributed by atoms with Gasteiger partial charge in [0.1, 0.15) is 18.7 Å². The molecule has 16 heteroatoms. The Hall–Kier alpha value is -4.70. The van der Waals surface area contributed by atoms with E-state index in [0.717, 1.165) is 22.3 Å². The fraction of sp³-hybridized carbons (Fsp3) is 0.467. The number of rotatable bonds is 16. The molecular formula is C30H42BN7O8. The Morgan fingerprint density at radius 2 is 1.59 bits per heavy atom. The van der Waals surface area contributed by atoms with Crippen molar-refractivity contribution in [3.63, 3.8) is 0 Å². The molecule has 0 spiro atoms. The minimum absolute atomic E-state index is 0.000419. The zero-order valence-corrected chi connectivity index (χ0v) is 26.1. The zero-order valence-electron chi connectivity index (χ0n) is 26.1. The van der Waals surface area contributed by atoms with E-state index >= 15 is 0 Å². The summed E-state index contributed by atoms with van der Waals surface area (Å²) < 4.78 is 5.57. The summed E-state index contributed by atoms with van der Waals surface area (Å²) >= 11 is 0. The maximum atomic E-state index is 13.3. The fourth-order valence-electron chi connectivity index (χ4n) is 5.35. The van der Waals surface area contributed by atoms with Crippen LogP contribution in [-0.4, -0.2) is 77.2 Å². The summed E-state index contributed by atoms with van der Waals surface area (Å²) in [6.45, 7) is 5.44. The molecule has 3 amide bonds. The first-order valence-electron chi connectivity index (χ1n) is 15.2. The average molecular weight is 640 g/mol. The lowest BCUT2D eigenvalue weighted by atomic mass is 9.75. The lowest BCUT2D eigenvalue weighted by Crippen LogP contribution is -2.57. The van der Waals surface area contributed by atoms with Crippen molar-refractivity contribution in [2.75, 3.05) is 13.2 Å². The summed E-state index contributed by atoms with van der Waals surface area (Å²) in [6.07, 6.45) is -0.134. The number of nitrogens with two attached hydrogens (primary N) is 1. The molecule has 8 N–H and O–H groups in total. The molecule has 0 saturated heterocycles. The van der Waals surface area contributed by atoms with Crippen LogP contribution >= 0.6 is 0 Å². The number of amides is 3. The van der Waals surface area contributed by atoms with Crippen molar-refractivity contribution in [2.45, 2.75) is 70.4 Å². The van der Waals surface area contributed by atoms with Gasteiger partial charge in [-0.2, -0.15) is 0 Å². The van der Waals surface area contributed by atoms with E-state index in [-0.39, 0.29) is 50.7 Å². The van der Waals surface area contributed by atoms with Crippen molar-refractivity contribution in [3.05, 3.63) is 69.8 Å². The van der Waals surface area contributed by atoms with Gasteiger partial charge < -0.3 is 36.5 Å². The van der Waals surface area contributed by atoms with Gasteiger partial charge in [0.25, 0.3) is 5.96 Å². The van der Waals surface area contributed by atoms with Crippen LogP contribution in [0.3, 0.4) is 0 Å². The predicted molar refractivity (Wildman–Crippen MR) is 172 cm³/mol. The van der Waals surface area contributed by atoms with Crippen LogP contribution in [0, 0.1) is 16.0 Å². The number of hydrazine groups is 1. The zero-order chi connectivity index (χ0) is 33.8. The molecule has 46 heavy (non-hydrogen) atoms. The van der Waals surface area contributed by atoms with Crippen LogP contribution in [0.4, 0.5) is 4.79 Å². The molecule has 3 atom stereocenters. The lowest BCUT2D eigenvalue weighted by molar-refractivity contribution is -0.525. The SMILES string of the molecule is CCC(NC(=O)OCC1c2ccccc2-c2ccccc21)C(=O)N[C@@H](CCCN=C(N)N[N+](=O)[O-])C(=O)N[C@@H](CC(C)C)B(O)O. The number of ether oxygens (including phenoxy) is 1. The molecule has 1 aliphatic carbocycles. The normalized spacial score (nSPS) is 14.3.